The van der Waals surface area contributed by atoms with Gasteiger partial charge >= 0.3 is 0 Å². The fraction of sp³-hybridized carbons (Fsp3) is 0.300. The van der Waals surface area contributed by atoms with E-state index < -0.39 is 0 Å². The number of hydrogen-bond donors (Lipinski definition) is 1. The molecular formula is C20H22N2O4. The van der Waals surface area contributed by atoms with Crippen LogP contribution in [0, 0.1) is 0 Å². The molecule has 0 saturated carbocycles. The fourth-order valence-electron chi connectivity index (χ4n) is 2.94. The normalized spacial score (nSPS) is 12.9. The Hall–Kier alpha value is -3.02. The predicted molar refractivity (Wildman–Crippen MR) is 98.4 cm³/mol. The summed E-state index contributed by atoms with van der Waals surface area (Å²) in [6.45, 7) is 2.80. The lowest BCUT2D eigenvalue weighted by Crippen LogP contribution is -2.34. The van der Waals surface area contributed by atoms with Crippen LogP contribution in [0.5, 0.6) is 11.5 Å². The summed E-state index contributed by atoms with van der Waals surface area (Å²) in [5.41, 5.74) is 2.99. The molecule has 0 bridgehead atoms. The third kappa shape index (κ3) is 4.33. The lowest BCUT2D eigenvalue weighted by molar-refractivity contribution is -0.129. The van der Waals surface area contributed by atoms with E-state index >= 15 is 0 Å². The maximum Gasteiger partial charge on any atom is 0.262 e. The Balaban J connectivity index is 1.59. The molecule has 2 aromatic carbocycles. The zero-order valence-corrected chi connectivity index (χ0v) is 15.0. The van der Waals surface area contributed by atoms with Crippen molar-refractivity contribution < 1.29 is 19.1 Å². The van der Waals surface area contributed by atoms with Gasteiger partial charge in [0.1, 0.15) is 11.5 Å². The van der Waals surface area contributed by atoms with Crippen molar-refractivity contribution in [1.29, 1.82) is 0 Å². The lowest BCUT2D eigenvalue weighted by Gasteiger charge is -2.28. The number of ether oxygens (including phenoxy) is 2. The molecule has 0 radical (unpaired) electrons. The Morgan fingerprint density at radius 3 is 2.69 bits per heavy atom. The second-order valence-corrected chi connectivity index (χ2v) is 6.19. The molecule has 1 heterocycles. The lowest BCUT2D eigenvalue weighted by atomic mass is 9.99. The Morgan fingerprint density at radius 2 is 1.92 bits per heavy atom. The van der Waals surface area contributed by atoms with Crippen molar-refractivity contribution in [2.45, 2.75) is 19.9 Å². The van der Waals surface area contributed by atoms with Crippen LogP contribution in [0.1, 0.15) is 18.1 Å². The quantitative estimate of drug-likeness (QED) is 0.896. The van der Waals surface area contributed by atoms with Crippen LogP contribution in [-0.2, 0) is 22.6 Å². The molecule has 1 N–H and O–H groups in total. The Labute approximate surface area is 152 Å². The largest absolute Gasteiger partial charge is 0.497 e. The van der Waals surface area contributed by atoms with Crippen molar-refractivity contribution in [3.63, 3.8) is 0 Å². The predicted octanol–water partition coefficient (Wildman–Crippen LogP) is 2.62. The third-order valence-electron chi connectivity index (χ3n) is 4.36. The number of hydrogen-bond acceptors (Lipinski definition) is 4. The van der Waals surface area contributed by atoms with Crippen LogP contribution in [-0.4, -0.2) is 37.0 Å². The van der Waals surface area contributed by atoms with E-state index in [0.717, 1.165) is 18.5 Å². The maximum absolute atomic E-state index is 12.1. The molecule has 0 atom stereocenters. The minimum absolute atomic E-state index is 0.0665. The van der Waals surface area contributed by atoms with Gasteiger partial charge in [-0.25, -0.2) is 0 Å². The summed E-state index contributed by atoms with van der Waals surface area (Å²) in [6, 6.07) is 12.9. The van der Waals surface area contributed by atoms with Crippen molar-refractivity contribution in [3.8, 4) is 11.5 Å². The zero-order valence-electron chi connectivity index (χ0n) is 15.0. The summed E-state index contributed by atoms with van der Waals surface area (Å²) >= 11 is 0. The number of carbonyl (C=O) groups excluding carboxylic acids is 2. The molecule has 0 aliphatic carbocycles. The minimum atomic E-state index is -0.244. The maximum atomic E-state index is 12.1. The van der Waals surface area contributed by atoms with E-state index in [-0.39, 0.29) is 18.4 Å². The summed E-state index contributed by atoms with van der Waals surface area (Å²) in [7, 11) is 1.58. The highest BCUT2D eigenvalue weighted by Crippen LogP contribution is 2.23. The summed E-state index contributed by atoms with van der Waals surface area (Å²) in [4.78, 5) is 25.5. The first-order valence-corrected chi connectivity index (χ1v) is 8.49. The second-order valence-electron chi connectivity index (χ2n) is 6.19. The molecular weight excluding hydrogens is 332 g/mol. The molecule has 2 amide bonds. The Bertz CT molecular complexity index is 819. The average Bonchev–Trinajstić information content (AvgIpc) is 2.66. The molecule has 6 heteroatoms. The van der Waals surface area contributed by atoms with Crippen LogP contribution in [0.3, 0.4) is 0 Å². The molecule has 26 heavy (non-hydrogen) atoms. The Morgan fingerprint density at radius 1 is 1.12 bits per heavy atom. The van der Waals surface area contributed by atoms with Gasteiger partial charge in [0.2, 0.25) is 5.91 Å². The van der Waals surface area contributed by atoms with Crippen LogP contribution in [0.25, 0.3) is 0 Å². The van der Waals surface area contributed by atoms with Gasteiger partial charge in [0.15, 0.2) is 6.61 Å². The number of methoxy groups -OCH3 is 1. The van der Waals surface area contributed by atoms with E-state index in [2.05, 4.69) is 5.32 Å². The fourth-order valence-corrected chi connectivity index (χ4v) is 2.94. The van der Waals surface area contributed by atoms with Crippen LogP contribution < -0.4 is 14.8 Å². The van der Waals surface area contributed by atoms with Gasteiger partial charge in [0.25, 0.3) is 5.91 Å². The molecule has 136 valence electrons. The summed E-state index contributed by atoms with van der Waals surface area (Å²) < 4.78 is 10.6. The highest BCUT2D eigenvalue weighted by atomic mass is 16.5. The van der Waals surface area contributed by atoms with Gasteiger partial charge in [0, 0.05) is 31.8 Å². The number of nitrogens with zero attached hydrogens (tertiary/aromatic N) is 1. The van der Waals surface area contributed by atoms with E-state index in [1.807, 2.05) is 24.3 Å². The molecule has 0 fully saturated rings. The topological polar surface area (TPSA) is 67.9 Å². The van der Waals surface area contributed by atoms with Crippen molar-refractivity contribution >= 4 is 17.5 Å². The number of nitrogens with one attached hydrogen (secondary N) is 1. The molecule has 1 aliphatic heterocycles. The molecule has 6 nitrogen and oxygen atoms in total. The summed E-state index contributed by atoms with van der Waals surface area (Å²) in [6.07, 6.45) is 0.835. The first kappa shape index (κ1) is 17.8. The van der Waals surface area contributed by atoms with E-state index in [0.29, 0.717) is 23.7 Å². The number of fused-ring (bicyclic) bond motifs is 1. The summed E-state index contributed by atoms with van der Waals surface area (Å²) in [5, 5.41) is 2.84. The smallest absolute Gasteiger partial charge is 0.262 e. The van der Waals surface area contributed by atoms with Gasteiger partial charge in [-0.1, -0.05) is 12.1 Å². The van der Waals surface area contributed by atoms with Crippen molar-refractivity contribution in [2.24, 2.45) is 0 Å². The summed E-state index contributed by atoms with van der Waals surface area (Å²) in [5.74, 6) is 1.07. The zero-order chi connectivity index (χ0) is 18.5. The number of carbonyl (C=O) groups is 2. The van der Waals surface area contributed by atoms with E-state index in [9.17, 15) is 9.59 Å². The average molecular weight is 354 g/mol. The van der Waals surface area contributed by atoms with Crippen molar-refractivity contribution in [2.75, 3.05) is 25.6 Å². The van der Waals surface area contributed by atoms with Crippen molar-refractivity contribution in [1.82, 2.24) is 4.90 Å². The Kier molecular flexibility index (Phi) is 5.41. The highest BCUT2D eigenvalue weighted by molar-refractivity contribution is 5.92. The van der Waals surface area contributed by atoms with E-state index in [1.54, 1.807) is 37.1 Å². The second kappa shape index (κ2) is 7.91. The molecule has 3 rings (SSSR count). The standard InChI is InChI=1S/C20H22N2O4/c1-14(23)22-9-8-15-6-7-17(10-16(15)12-22)21-20(24)13-26-19-5-3-4-18(11-19)25-2/h3-7,10-11H,8-9,12-13H2,1-2H3,(H,21,24). The SMILES string of the molecule is COc1cccc(OCC(=O)Nc2ccc3c(c2)CN(C(C)=O)CC3)c1. The molecule has 1 aliphatic rings. The molecule has 0 spiro atoms. The van der Waals surface area contributed by atoms with Gasteiger partial charge < -0.3 is 19.7 Å². The molecule has 0 aromatic heterocycles. The minimum Gasteiger partial charge on any atom is -0.497 e. The molecule has 2 aromatic rings. The number of rotatable bonds is 5. The number of benzene rings is 2. The number of amides is 2. The molecule has 0 saturated heterocycles. The third-order valence-corrected chi connectivity index (χ3v) is 4.36. The van der Waals surface area contributed by atoms with Gasteiger partial charge in [-0.15, -0.1) is 0 Å². The highest BCUT2D eigenvalue weighted by Gasteiger charge is 2.18. The molecule has 0 unspecified atom stereocenters. The first-order valence-electron chi connectivity index (χ1n) is 8.49. The van der Waals surface area contributed by atoms with Gasteiger partial charge in [-0.2, -0.15) is 0 Å². The van der Waals surface area contributed by atoms with Crippen LogP contribution >= 0.6 is 0 Å². The van der Waals surface area contributed by atoms with Gasteiger partial charge in [0.05, 0.1) is 7.11 Å². The van der Waals surface area contributed by atoms with E-state index in [1.165, 1.54) is 5.56 Å². The van der Waals surface area contributed by atoms with Crippen LogP contribution in [0.4, 0.5) is 5.69 Å². The monoisotopic (exact) mass is 354 g/mol. The number of anilines is 1. The van der Waals surface area contributed by atoms with Gasteiger partial charge in [-0.3, -0.25) is 9.59 Å². The van der Waals surface area contributed by atoms with Crippen molar-refractivity contribution in [3.05, 3.63) is 53.6 Å². The first-order chi connectivity index (χ1) is 12.5. The van der Waals surface area contributed by atoms with Gasteiger partial charge in [-0.05, 0) is 41.8 Å². The van der Waals surface area contributed by atoms with Crippen LogP contribution in [0.15, 0.2) is 42.5 Å². The van der Waals surface area contributed by atoms with Crippen LogP contribution in [0.2, 0.25) is 0 Å². The van der Waals surface area contributed by atoms with E-state index in [4.69, 9.17) is 9.47 Å².